The lowest BCUT2D eigenvalue weighted by Crippen LogP contribution is -2.19. The minimum absolute atomic E-state index is 0.0553. The zero-order valence-electron chi connectivity index (χ0n) is 11.3. The van der Waals surface area contributed by atoms with Crippen molar-refractivity contribution in [2.75, 3.05) is 13.6 Å². The first-order chi connectivity index (χ1) is 9.69. The molecule has 0 bridgehead atoms. The third-order valence-corrected chi connectivity index (χ3v) is 3.36. The maximum Gasteiger partial charge on any atom is 0.251 e. The van der Waals surface area contributed by atoms with Crippen LogP contribution < -0.4 is 10.6 Å². The zero-order valence-corrected chi connectivity index (χ0v) is 12.9. The van der Waals surface area contributed by atoms with Crippen LogP contribution in [-0.4, -0.2) is 19.5 Å². The first kappa shape index (κ1) is 14.8. The maximum atomic E-state index is 11.5. The number of rotatable bonds is 6. The molecule has 1 aromatic heterocycles. The maximum absolute atomic E-state index is 11.5. The second kappa shape index (κ2) is 7.26. The minimum Gasteiger partial charge on any atom is -0.453 e. The molecule has 2 rings (SSSR count). The number of furan rings is 1. The summed E-state index contributed by atoms with van der Waals surface area (Å²) in [6, 6.07) is 11.5. The average Bonchev–Trinajstić information content (AvgIpc) is 2.88. The van der Waals surface area contributed by atoms with Crippen molar-refractivity contribution >= 4 is 21.8 Å². The van der Waals surface area contributed by atoms with Crippen molar-refractivity contribution < 1.29 is 9.21 Å². The van der Waals surface area contributed by atoms with E-state index in [1.165, 1.54) is 0 Å². The van der Waals surface area contributed by atoms with Crippen molar-refractivity contribution in [1.29, 1.82) is 0 Å². The summed E-state index contributed by atoms with van der Waals surface area (Å²) in [6.07, 6.45) is 0.868. The van der Waals surface area contributed by atoms with Gasteiger partial charge < -0.3 is 15.1 Å². The van der Waals surface area contributed by atoms with Crippen molar-refractivity contribution in [3.8, 4) is 0 Å². The van der Waals surface area contributed by atoms with Crippen LogP contribution in [0.2, 0.25) is 0 Å². The highest BCUT2D eigenvalue weighted by molar-refractivity contribution is 9.10. The van der Waals surface area contributed by atoms with Crippen LogP contribution in [0.4, 0.5) is 0 Å². The monoisotopic (exact) mass is 336 g/mol. The molecule has 1 heterocycles. The number of nitrogens with one attached hydrogen (secondary N) is 2. The summed E-state index contributed by atoms with van der Waals surface area (Å²) in [4.78, 5) is 11.5. The van der Waals surface area contributed by atoms with Gasteiger partial charge in [0.25, 0.3) is 5.91 Å². The molecule has 4 nitrogen and oxygen atoms in total. The molecule has 5 heteroatoms. The van der Waals surface area contributed by atoms with Crippen LogP contribution in [0, 0.1) is 0 Å². The highest BCUT2D eigenvalue weighted by Crippen LogP contribution is 2.13. The molecule has 0 unspecified atom stereocenters. The summed E-state index contributed by atoms with van der Waals surface area (Å²) in [5.41, 5.74) is 1.83. The van der Waals surface area contributed by atoms with Gasteiger partial charge in [-0.2, -0.15) is 0 Å². The predicted molar refractivity (Wildman–Crippen MR) is 81.7 cm³/mol. The third kappa shape index (κ3) is 4.21. The van der Waals surface area contributed by atoms with E-state index < -0.39 is 0 Å². The Morgan fingerprint density at radius 2 is 2.15 bits per heavy atom. The van der Waals surface area contributed by atoms with Gasteiger partial charge in [-0.15, -0.1) is 0 Å². The van der Waals surface area contributed by atoms with E-state index in [1.54, 1.807) is 7.05 Å². The summed E-state index contributed by atoms with van der Waals surface area (Å²) >= 11 is 3.27. The molecular weight excluding hydrogens is 320 g/mol. The minimum atomic E-state index is -0.0553. The van der Waals surface area contributed by atoms with E-state index in [2.05, 4.69) is 26.6 Å². The smallest absolute Gasteiger partial charge is 0.251 e. The van der Waals surface area contributed by atoms with Crippen molar-refractivity contribution in [3.63, 3.8) is 0 Å². The highest BCUT2D eigenvalue weighted by Gasteiger charge is 2.03. The lowest BCUT2D eigenvalue weighted by Gasteiger charge is -2.05. The molecule has 0 spiro atoms. The molecule has 0 saturated carbocycles. The third-order valence-electron chi connectivity index (χ3n) is 2.93. The lowest BCUT2D eigenvalue weighted by molar-refractivity contribution is 0.0963. The fourth-order valence-electron chi connectivity index (χ4n) is 1.90. The molecule has 0 saturated heterocycles. The topological polar surface area (TPSA) is 54.3 Å². The van der Waals surface area contributed by atoms with Gasteiger partial charge in [0, 0.05) is 12.6 Å². The number of carbonyl (C=O) groups excluding carboxylic acids is 1. The Morgan fingerprint density at radius 3 is 2.85 bits per heavy atom. The molecule has 2 N–H and O–H groups in total. The fraction of sp³-hybridized carbons (Fsp3) is 0.267. The Bertz CT molecular complexity index is 581. The van der Waals surface area contributed by atoms with Crippen LogP contribution in [0.5, 0.6) is 0 Å². The van der Waals surface area contributed by atoms with Crippen LogP contribution in [-0.2, 0) is 13.0 Å². The summed E-state index contributed by atoms with van der Waals surface area (Å²) in [5, 5.41) is 5.94. The number of benzene rings is 1. The first-order valence-electron chi connectivity index (χ1n) is 6.45. The molecular formula is C15H17BrN2O2. The second-order valence-corrected chi connectivity index (χ2v) is 5.19. The Morgan fingerprint density at radius 1 is 1.30 bits per heavy atom. The number of amides is 1. The van der Waals surface area contributed by atoms with Crippen LogP contribution in [0.15, 0.2) is 45.5 Å². The number of hydrogen-bond acceptors (Lipinski definition) is 3. The highest BCUT2D eigenvalue weighted by atomic mass is 79.9. The van der Waals surface area contributed by atoms with Gasteiger partial charge >= 0.3 is 0 Å². The summed E-state index contributed by atoms with van der Waals surface area (Å²) in [7, 11) is 1.64. The molecule has 0 atom stereocenters. The Kier molecular flexibility index (Phi) is 5.38. The summed E-state index contributed by atoms with van der Waals surface area (Å²) in [6.45, 7) is 1.52. The van der Waals surface area contributed by atoms with Gasteiger partial charge in [-0.05, 0) is 58.7 Å². The molecule has 0 aliphatic carbocycles. The van der Waals surface area contributed by atoms with Crippen molar-refractivity contribution in [2.24, 2.45) is 0 Å². The predicted octanol–water partition coefficient (Wildman–Crippen LogP) is 2.73. The number of hydrogen-bond donors (Lipinski definition) is 2. The quantitative estimate of drug-likeness (QED) is 0.797. The molecule has 0 fully saturated rings. The van der Waals surface area contributed by atoms with Crippen molar-refractivity contribution in [2.45, 2.75) is 13.0 Å². The second-order valence-electron chi connectivity index (χ2n) is 4.41. The molecule has 0 radical (unpaired) electrons. The average molecular weight is 337 g/mol. The van der Waals surface area contributed by atoms with Crippen molar-refractivity contribution in [1.82, 2.24) is 10.6 Å². The standard InChI is InChI=1S/C15H17BrN2O2/c1-17-15(19)12-4-2-3-11(9-12)7-8-18-10-13-5-6-14(16)20-13/h2-6,9,18H,7-8,10H2,1H3,(H,17,19). The summed E-state index contributed by atoms with van der Waals surface area (Å²) in [5.74, 6) is 0.844. The van der Waals surface area contributed by atoms with Gasteiger partial charge in [-0.25, -0.2) is 0 Å². The fourth-order valence-corrected chi connectivity index (χ4v) is 2.24. The van der Waals surface area contributed by atoms with E-state index in [9.17, 15) is 4.79 Å². The van der Waals surface area contributed by atoms with Gasteiger partial charge in [0.05, 0.1) is 6.54 Å². The molecule has 1 aromatic carbocycles. The van der Waals surface area contributed by atoms with E-state index in [0.29, 0.717) is 12.1 Å². The van der Waals surface area contributed by atoms with Crippen LogP contribution in [0.25, 0.3) is 0 Å². The van der Waals surface area contributed by atoms with E-state index in [0.717, 1.165) is 29.0 Å². The van der Waals surface area contributed by atoms with Gasteiger partial charge in [-0.1, -0.05) is 12.1 Å². The van der Waals surface area contributed by atoms with Crippen molar-refractivity contribution in [3.05, 3.63) is 58.0 Å². The van der Waals surface area contributed by atoms with Crippen LogP contribution >= 0.6 is 15.9 Å². The largest absolute Gasteiger partial charge is 0.453 e. The molecule has 20 heavy (non-hydrogen) atoms. The van der Waals surface area contributed by atoms with Crippen LogP contribution in [0.3, 0.4) is 0 Å². The van der Waals surface area contributed by atoms with E-state index in [1.807, 2.05) is 36.4 Å². The Balaban J connectivity index is 1.80. The van der Waals surface area contributed by atoms with E-state index >= 15 is 0 Å². The SMILES string of the molecule is CNC(=O)c1cccc(CCNCc2ccc(Br)o2)c1. The van der Waals surface area contributed by atoms with Gasteiger partial charge in [0.1, 0.15) is 5.76 Å². The Labute approximate surface area is 126 Å². The first-order valence-corrected chi connectivity index (χ1v) is 7.24. The zero-order chi connectivity index (χ0) is 14.4. The Hall–Kier alpha value is -1.59. The van der Waals surface area contributed by atoms with Crippen LogP contribution in [0.1, 0.15) is 21.7 Å². The van der Waals surface area contributed by atoms with Gasteiger partial charge in [0.2, 0.25) is 0 Å². The van der Waals surface area contributed by atoms with Gasteiger partial charge in [-0.3, -0.25) is 4.79 Å². The number of carbonyl (C=O) groups is 1. The molecule has 1 amide bonds. The normalized spacial score (nSPS) is 10.5. The van der Waals surface area contributed by atoms with E-state index in [4.69, 9.17) is 4.42 Å². The lowest BCUT2D eigenvalue weighted by atomic mass is 10.1. The van der Waals surface area contributed by atoms with Gasteiger partial charge in [0.15, 0.2) is 4.67 Å². The molecule has 106 valence electrons. The molecule has 0 aliphatic rings. The molecule has 2 aromatic rings. The van der Waals surface area contributed by atoms with E-state index in [-0.39, 0.29) is 5.91 Å². The molecule has 0 aliphatic heterocycles. The number of halogens is 1. The summed E-state index contributed by atoms with van der Waals surface area (Å²) < 4.78 is 6.15.